The molecule has 1 aliphatic rings. The molecule has 0 atom stereocenters. The number of carbonyl (C=O) groups excluding carboxylic acids is 1. The summed E-state index contributed by atoms with van der Waals surface area (Å²) in [6, 6.07) is 7.72. The van der Waals surface area contributed by atoms with Gasteiger partial charge in [-0.2, -0.15) is 0 Å². The van der Waals surface area contributed by atoms with Crippen LogP contribution in [0.4, 0.5) is 5.69 Å². The summed E-state index contributed by atoms with van der Waals surface area (Å²) in [6.07, 6.45) is 3.59. The van der Waals surface area contributed by atoms with E-state index in [1.165, 1.54) is 12.8 Å². The third-order valence-electron chi connectivity index (χ3n) is 3.38. The summed E-state index contributed by atoms with van der Waals surface area (Å²) in [5.41, 5.74) is 1.83. The zero-order valence-electron chi connectivity index (χ0n) is 11.3. The Bertz CT molecular complexity index is 395. The fourth-order valence-electron chi connectivity index (χ4n) is 2.12. The van der Waals surface area contributed by atoms with Crippen LogP contribution in [0.2, 0.25) is 0 Å². The van der Waals surface area contributed by atoms with E-state index in [1.54, 1.807) is 0 Å². The molecule has 1 aromatic rings. The van der Waals surface area contributed by atoms with E-state index < -0.39 is 0 Å². The van der Waals surface area contributed by atoms with E-state index in [4.69, 9.17) is 0 Å². The number of nitrogens with one attached hydrogen (secondary N) is 1. The Morgan fingerprint density at radius 3 is 2.50 bits per heavy atom. The van der Waals surface area contributed by atoms with E-state index >= 15 is 0 Å². The van der Waals surface area contributed by atoms with Crippen LogP contribution in [-0.2, 0) is 0 Å². The van der Waals surface area contributed by atoms with Gasteiger partial charge >= 0.3 is 0 Å². The normalized spacial score (nSPS) is 14.3. The SMILES string of the molecule is CCCN(CC1CC1)C(=O)c1ccc(NC)cc1. The maximum Gasteiger partial charge on any atom is 0.253 e. The summed E-state index contributed by atoms with van der Waals surface area (Å²) >= 11 is 0. The summed E-state index contributed by atoms with van der Waals surface area (Å²) in [4.78, 5) is 14.4. The molecule has 18 heavy (non-hydrogen) atoms. The first-order valence-electron chi connectivity index (χ1n) is 6.81. The molecule has 3 heteroatoms. The number of hydrogen-bond acceptors (Lipinski definition) is 2. The first-order chi connectivity index (χ1) is 8.74. The third-order valence-corrected chi connectivity index (χ3v) is 3.38. The Labute approximate surface area is 109 Å². The predicted octanol–water partition coefficient (Wildman–Crippen LogP) is 2.99. The van der Waals surface area contributed by atoms with Crippen molar-refractivity contribution in [3.63, 3.8) is 0 Å². The van der Waals surface area contributed by atoms with Gasteiger partial charge < -0.3 is 10.2 Å². The summed E-state index contributed by atoms with van der Waals surface area (Å²) in [5, 5.41) is 3.06. The maximum absolute atomic E-state index is 12.4. The van der Waals surface area contributed by atoms with Crippen molar-refractivity contribution in [2.75, 3.05) is 25.5 Å². The molecule has 0 bridgehead atoms. The number of carbonyl (C=O) groups is 1. The zero-order chi connectivity index (χ0) is 13.0. The Balaban J connectivity index is 2.05. The Morgan fingerprint density at radius 2 is 2.00 bits per heavy atom. The fraction of sp³-hybridized carbons (Fsp3) is 0.533. The standard InChI is InChI=1S/C15H22N2O/c1-3-10-17(11-12-4-5-12)15(18)13-6-8-14(16-2)9-7-13/h6-9,12,16H,3-5,10-11H2,1-2H3. The average molecular weight is 246 g/mol. The van der Waals surface area contributed by atoms with Crippen LogP contribution in [0.15, 0.2) is 24.3 Å². The molecule has 3 nitrogen and oxygen atoms in total. The summed E-state index contributed by atoms with van der Waals surface area (Å²) < 4.78 is 0. The second kappa shape index (κ2) is 5.89. The van der Waals surface area contributed by atoms with Crippen LogP contribution < -0.4 is 5.32 Å². The van der Waals surface area contributed by atoms with E-state index in [9.17, 15) is 4.79 Å². The van der Waals surface area contributed by atoms with Crippen molar-refractivity contribution < 1.29 is 4.79 Å². The van der Waals surface area contributed by atoms with Crippen LogP contribution in [0.3, 0.4) is 0 Å². The topological polar surface area (TPSA) is 32.3 Å². The lowest BCUT2D eigenvalue weighted by Gasteiger charge is -2.22. The molecular weight excluding hydrogens is 224 g/mol. The first-order valence-corrected chi connectivity index (χ1v) is 6.81. The first kappa shape index (κ1) is 12.9. The van der Waals surface area contributed by atoms with Crippen LogP contribution in [0.25, 0.3) is 0 Å². The van der Waals surface area contributed by atoms with Crippen LogP contribution in [0.5, 0.6) is 0 Å². The lowest BCUT2D eigenvalue weighted by Crippen LogP contribution is -2.33. The van der Waals surface area contributed by atoms with Crippen LogP contribution in [0.1, 0.15) is 36.5 Å². The van der Waals surface area contributed by atoms with E-state index in [2.05, 4.69) is 12.2 Å². The molecule has 1 fully saturated rings. The van der Waals surface area contributed by atoms with E-state index in [-0.39, 0.29) is 5.91 Å². The highest BCUT2D eigenvalue weighted by Gasteiger charge is 2.26. The molecule has 98 valence electrons. The van der Waals surface area contributed by atoms with Gasteiger partial charge in [0.05, 0.1) is 0 Å². The largest absolute Gasteiger partial charge is 0.388 e. The quantitative estimate of drug-likeness (QED) is 0.837. The number of hydrogen-bond donors (Lipinski definition) is 1. The Morgan fingerprint density at radius 1 is 1.33 bits per heavy atom. The number of amides is 1. The van der Waals surface area contributed by atoms with Gasteiger partial charge in [-0.1, -0.05) is 6.92 Å². The highest BCUT2D eigenvalue weighted by atomic mass is 16.2. The number of anilines is 1. The van der Waals surface area contributed by atoms with Gasteiger partial charge in [0, 0.05) is 31.4 Å². The van der Waals surface area contributed by atoms with Crippen molar-refractivity contribution in [3.8, 4) is 0 Å². The number of benzene rings is 1. The second-order valence-corrected chi connectivity index (χ2v) is 5.02. The molecule has 1 saturated carbocycles. The van der Waals surface area contributed by atoms with Gasteiger partial charge in [0.25, 0.3) is 5.91 Å². The molecule has 0 spiro atoms. The number of rotatable bonds is 6. The van der Waals surface area contributed by atoms with Crippen LogP contribution in [0, 0.1) is 5.92 Å². The Hall–Kier alpha value is -1.51. The van der Waals surface area contributed by atoms with Gasteiger partial charge in [0.1, 0.15) is 0 Å². The number of nitrogens with zero attached hydrogens (tertiary/aromatic N) is 1. The van der Waals surface area contributed by atoms with Gasteiger partial charge in [-0.05, 0) is 49.4 Å². The van der Waals surface area contributed by atoms with Gasteiger partial charge in [0.15, 0.2) is 0 Å². The van der Waals surface area contributed by atoms with Crippen molar-refractivity contribution in [1.29, 1.82) is 0 Å². The fourth-order valence-corrected chi connectivity index (χ4v) is 2.12. The van der Waals surface area contributed by atoms with Crippen LogP contribution in [-0.4, -0.2) is 30.9 Å². The summed E-state index contributed by atoms with van der Waals surface area (Å²) in [6.45, 7) is 3.92. The molecule has 1 aliphatic carbocycles. The molecule has 1 amide bonds. The lowest BCUT2D eigenvalue weighted by atomic mass is 10.1. The van der Waals surface area contributed by atoms with Crippen molar-refractivity contribution in [2.24, 2.45) is 5.92 Å². The van der Waals surface area contributed by atoms with Gasteiger partial charge in [-0.3, -0.25) is 4.79 Å². The highest BCUT2D eigenvalue weighted by molar-refractivity contribution is 5.94. The second-order valence-electron chi connectivity index (χ2n) is 5.02. The molecule has 1 aromatic carbocycles. The predicted molar refractivity (Wildman–Crippen MR) is 74.9 cm³/mol. The summed E-state index contributed by atoms with van der Waals surface area (Å²) in [5.74, 6) is 0.920. The minimum Gasteiger partial charge on any atom is -0.388 e. The molecule has 1 N–H and O–H groups in total. The van der Waals surface area contributed by atoms with E-state index in [0.717, 1.165) is 36.7 Å². The van der Waals surface area contributed by atoms with Gasteiger partial charge in [-0.25, -0.2) is 0 Å². The van der Waals surface area contributed by atoms with Crippen LogP contribution >= 0.6 is 0 Å². The molecule has 0 saturated heterocycles. The minimum absolute atomic E-state index is 0.173. The van der Waals surface area contributed by atoms with Crippen molar-refractivity contribution in [2.45, 2.75) is 26.2 Å². The molecular formula is C15H22N2O. The van der Waals surface area contributed by atoms with Crippen molar-refractivity contribution in [3.05, 3.63) is 29.8 Å². The average Bonchev–Trinajstić information content (AvgIpc) is 3.21. The molecule has 2 rings (SSSR count). The van der Waals surface area contributed by atoms with Gasteiger partial charge in [0.2, 0.25) is 0 Å². The Kier molecular flexibility index (Phi) is 4.24. The zero-order valence-corrected chi connectivity index (χ0v) is 11.3. The molecule has 0 unspecified atom stereocenters. The molecule has 0 heterocycles. The van der Waals surface area contributed by atoms with E-state index in [1.807, 2.05) is 36.2 Å². The molecule has 0 aliphatic heterocycles. The smallest absolute Gasteiger partial charge is 0.253 e. The minimum atomic E-state index is 0.173. The lowest BCUT2D eigenvalue weighted by molar-refractivity contribution is 0.0748. The molecule has 0 aromatic heterocycles. The maximum atomic E-state index is 12.4. The highest BCUT2D eigenvalue weighted by Crippen LogP contribution is 2.30. The third kappa shape index (κ3) is 3.25. The molecule has 0 radical (unpaired) electrons. The monoisotopic (exact) mass is 246 g/mol. The van der Waals surface area contributed by atoms with Crippen molar-refractivity contribution in [1.82, 2.24) is 4.90 Å². The van der Waals surface area contributed by atoms with E-state index in [0.29, 0.717) is 0 Å². The van der Waals surface area contributed by atoms with Gasteiger partial charge in [-0.15, -0.1) is 0 Å². The van der Waals surface area contributed by atoms with Crippen molar-refractivity contribution >= 4 is 11.6 Å². The summed E-state index contributed by atoms with van der Waals surface area (Å²) in [7, 11) is 1.88.